The van der Waals surface area contributed by atoms with E-state index in [1.807, 2.05) is 6.92 Å². The smallest absolute Gasteiger partial charge is 0.345 e. The van der Waals surface area contributed by atoms with Crippen LogP contribution in [0.5, 0.6) is 0 Å². The first kappa shape index (κ1) is 15.1. The lowest BCUT2D eigenvalue weighted by atomic mass is 10.2. The van der Waals surface area contributed by atoms with Crippen molar-refractivity contribution in [2.45, 2.75) is 33.2 Å². The number of nitrogens with one attached hydrogen (secondary N) is 1. The highest BCUT2D eigenvalue weighted by Gasteiger charge is 2.10. The third kappa shape index (κ3) is 5.16. The molecule has 1 aromatic heterocycles. The highest BCUT2D eigenvalue weighted by atomic mass is 32.1. The second-order valence-electron chi connectivity index (χ2n) is 4.14. The molecule has 0 aliphatic carbocycles. The SMILES string of the molecule is CCCCOCCNCc1cc(C(=O)O)sc1C. The van der Waals surface area contributed by atoms with Gasteiger partial charge in [0, 0.05) is 24.6 Å². The first-order chi connectivity index (χ1) is 8.65. The summed E-state index contributed by atoms with van der Waals surface area (Å²) in [4.78, 5) is 12.3. The molecule has 18 heavy (non-hydrogen) atoms. The fourth-order valence-electron chi connectivity index (χ4n) is 1.52. The van der Waals surface area contributed by atoms with E-state index in [0.29, 0.717) is 18.0 Å². The van der Waals surface area contributed by atoms with E-state index in [0.717, 1.165) is 36.4 Å². The second kappa shape index (κ2) is 8.24. The maximum absolute atomic E-state index is 10.8. The van der Waals surface area contributed by atoms with Crippen LogP contribution in [0.1, 0.15) is 39.9 Å². The second-order valence-corrected chi connectivity index (χ2v) is 5.40. The van der Waals surface area contributed by atoms with Crippen molar-refractivity contribution >= 4 is 17.3 Å². The average molecular weight is 271 g/mol. The van der Waals surface area contributed by atoms with Crippen molar-refractivity contribution in [3.05, 3.63) is 21.4 Å². The molecule has 4 nitrogen and oxygen atoms in total. The molecule has 5 heteroatoms. The Balaban J connectivity index is 2.21. The molecule has 0 radical (unpaired) electrons. The predicted molar refractivity (Wildman–Crippen MR) is 73.4 cm³/mol. The fourth-order valence-corrected chi connectivity index (χ4v) is 2.40. The Bertz CT molecular complexity index is 376. The molecule has 0 bridgehead atoms. The molecule has 0 aliphatic rings. The van der Waals surface area contributed by atoms with E-state index in [1.54, 1.807) is 6.07 Å². The predicted octanol–water partition coefficient (Wildman–Crippen LogP) is 2.66. The van der Waals surface area contributed by atoms with E-state index in [1.165, 1.54) is 11.3 Å². The molecule has 0 unspecified atom stereocenters. The zero-order chi connectivity index (χ0) is 13.4. The van der Waals surface area contributed by atoms with Crippen LogP contribution in [0.25, 0.3) is 0 Å². The molecule has 0 amide bonds. The Morgan fingerprint density at radius 1 is 1.50 bits per heavy atom. The van der Waals surface area contributed by atoms with Crippen LogP contribution in [0.15, 0.2) is 6.07 Å². The van der Waals surface area contributed by atoms with Crippen LogP contribution in [0, 0.1) is 6.92 Å². The van der Waals surface area contributed by atoms with Gasteiger partial charge in [-0.15, -0.1) is 11.3 Å². The van der Waals surface area contributed by atoms with Gasteiger partial charge in [0.15, 0.2) is 0 Å². The highest BCUT2D eigenvalue weighted by Crippen LogP contribution is 2.21. The van der Waals surface area contributed by atoms with Gasteiger partial charge in [-0.3, -0.25) is 0 Å². The van der Waals surface area contributed by atoms with Gasteiger partial charge >= 0.3 is 5.97 Å². The van der Waals surface area contributed by atoms with E-state index in [4.69, 9.17) is 9.84 Å². The van der Waals surface area contributed by atoms with Crippen LogP contribution < -0.4 is 5.32 Å². The molecule has 0 aromatic carbocycles. The molecule has 1 aromatic rings. The Kier molecular flexibility index (Phi) is 6.93. The minimum absolute atomic E-state index is 0.406. The lowest BCUT2D eigenvalue weighted by Gasteiger charge is -2.05. The first-order valence-corrected chi connectivity index (χ1v) is 7.07. The molecular formula is C13H21NO3S. The number of rotatable bonds is 9. The van der Waals surface area contributed by atoms with Crippen molar-refractivity contribution in [3.8, 4) is 0 Å². The van der Waals surface area contributed by atoms with Crippen LogP contribution in [-0.4, -0.2) is 30.8 Å². The topological polar surface area (TPSA) is 58.6 Å². The van der Waals surface area contributed by atoms with Crippen LogP contribution in [0.3, 0.4) is 0 Å². The normalized spacial score (nSPS) is 10.8. The largest absolute Gasteiger partial charge is 0.477 e. The summed E-state index contributed by atoms with van der Waals surface area (Å²) in [6.07, 6.45) is 2.26. The standard InChI is InChI=1S/C13H21NO3S/c1-3-4-6-17-7-5-14-9-11-8-12(13(15)16)18-10(11)2/h8,14H,3-7,9H2,1-2H3,(H,15,16). The lowest BCUT2D eigenvalue weighted by molar-refractivity contribution is 0.0702. The Morgan fingerprint density at radius 2 is 2.28 bits per heavy atom. The Labute approximate surface area is 112 Å². The van der Waals surface area contributed by atoms with Gasteiger partial charge in [0.1, 0.15) is 4.88 Å². The molecule has 0 aliphatic heterocycles. The van der Waals surface area contributed by atoms with Gasteiger partial charge in [-0.2, -0.15) is 0 Å². The summed E-state index contributed by atoms with van der Waals surface area (Å²) in [6.45, 7) is 7.11. The number of carbonyl (C=O) groups is 1. The highest BCUT2D eigenvalue weighted by molar-refractivity contribution is 7.14. The van der Waals surface area contributed by atoms with Crippen molar-refractivity contribution in [1.82, 2.24) is 5.32 Å². The van der Waals surface area contributed by atoms with E-state index in [-0.39, 0.29) is 0 Å². The molecule has 1 rings (SSSR count). The van der Waals surface area contributed by atoms with E-state index < -0.39 is 5.97 Å². The van der Waals surface area contributed by atoms with Crippen molar-refractivity contribution in [2.75, 3.05) is 19.8 Å². The van der Waals surface area contributed by atoms with Crippen LogP contribution >= 0.6 is 11.3 Å². The lowest BCUT2D eigenvalue weighted by Crippen LogP contribution is -2.19. The third-order valence-electron chi connectivity index (χ3n) is 2.61. The van der Waals surface area contributed by atoms with E-state index in [2.05, 4.69) is 12.2 Å². The van der Waals surface area contributed by atoms with Gasteiger partial charge < -0.3 is 15.2 Å². The van der Waals surface area contributed by atoms with Gasteiger partial charge in [0.2, 0.25) is 0 Å². The summed E-state index contributed by atoms with van der Waals surface area (Å²) >= 11 is 1.33. The molecule has 1 heterocycles. The van der Waals surface area contributed by atoms with Gasteiger partial charge in [0.25, 0.3) is 0 Å². The molecule has 102 valence electrons. The van der Waals surface area contributed by atoms with Crippen LogP contribution in [0.4, 0.5) is 0 Å². The molecule has 2 N–H and O–H groups in total. The Morgan fingerprint density at radius 3 is 2.89 bits per heavy atom. The van der Waals surface area contributed by atoms with Crippen molar-refractivity contribution in [1.29, 1.82) is 0 Å². The number of hydrogen-bond donors (Lipinski definition) is 2. The number of aromatic carboxylic acids is 1. The molecule has 0 saturated carbocycles. The van der Waals surface area contributed by atoms with Crippen LogP contribution in [0.2, 0.25) is 0 Å². The minimum atomic E-state index is -0.850. The third-order valence-corrected chi connectivity index (χ3v) is 3.69. The van der Waals surface area contributed by atoms with Gasteiger partial charge in [-0.05, 0) is 25.0 Å². The summed E-state index contributed by atoms with van der Waals surface area (Å²) < 4.78 is 5.43. The summed E-state index contributed by atoms with van der Waals surface area (Å²) in [5, 5.41) is 12.1. The van der Waals surface area contributed by atoms with Gasteiger partial charge in [0.05, 0.1) is 6.61 Å². The fraction of sp³-hybridized carbons (Fsp3) is 0.615. The number of carboxylic acid groups (broad SMARTS) is 1. The summed E-state index contributed by atoms with van der Waals surface area (Å²) in [5.41, 5.74) is 1.06. The average Bonchev–Trinajstić information content (AvgIpc) is 2.70. The quantitative estimate of drug-likeness (QED) is 0.678. The van der Waals surface area contributed by atoms with Crippen molar-refractivity contribution < 1.29 is 14.6 Å². The maximum atomic E-state index is 10.8. The molecule has 0 atom stereocenters. The van der Waals surface area contributed by atoms with Crippen molar-refractivity contribution in [2.24, 2.45) is 0 Å². The zero-order valence-corrected chi connectivity index (χ0v) is 11.8. The summed E-state index contributed by atoms with van der Waals surface area (Å²) in [6, 6.07) is 1.74. The van der Waals surface area contributed by atoms with Gasteiger partial charge in [-0.1, -0.05) is 13.3 Å². The van der Waals surface area contributed by atoms with Gasteiger partial charge in [-0.25, -0.2) is 4.79 Å². The number of aryl methyl sites for hydroxylation is 1. The molecule has 0 spiro atoms. The number of carboxylic acids is 1. The monoisotopic (exact) mass is 271 g/mol. The molecular weight excluding hydrogens is 250 g/mol. The number of unbranched alkanes of at least 4 members (excludes halogenated alkanes) is 1. The van der Waals surface area contributed by atoms with Crippen molar-refractivity contribution in [3.63, 3.8) is 0 Å². The summed E-state index contributed by atoms with van der Waals surface area (Å²) in [7, 11) is 0. The molecule has 0 fully saturated rings. The first-order valence-electron chi connectivity index (χ1n) is 6.26. The maximum Gasteiger partial charge on any atom is 0.345 e. The van der Waals surface area contributed by atoms with Crippen LogP contribution in [-0.2, 0) is 11.3 Å². The van der Waals surface area contributed by atoms with E-state index in [9.17, 15) is 4.79 Å². The zero-order valence-electron chi connectivity index (χ0n) is 11.0. The number of hydrogen-bond acceptors (Lipinski definition) is 4. The van der Waals surface area contributed by atoms with E-state index >= 15 is 0 Å². The number of thiophene rings is 1. The summed E-state index contributed by atoms with van der Waals surface area (Å²) in [5.74, 6) is -0.850. The molecule has 0 saturated heterocycles. The minimum Gasteiger partial charge on any atom is -0.477 e. The number of ether oxygens (including phenoxy) is 1. The Hall–Kier alpha value is -0.910.